The lowest BCUT2D eigenvalue weighted by Gasteiger charge is -2.16. The normalized spacial score (nSPS) is 11.4. The van der Waals surface area contributed by atoms with E-state index in [1.807, 2.05) is 6.92 Å². The number of carbonyl (C=O) groups excluding carboxylic acids is 1. The molecule has 7 heteroatoms. The molecule has 3 N–H and O–H groups in total. The van der Waals surface area contributed by atoms with Crippen molar-refractivity contribution in [2.75, 3.05) is 27.9 Å². The lowest BCUT2D eigenvalue weighted by Crippen LogP contribution is -2.33. The zero-order chi connectivity index (χ0) is 16.0. The first-order valence-corrected chi connectivity index (χ1v) is 6.73. The summed E-state index contributed by atoms with van der Waals surface area (Å²) >= 11 is 4.87. The van der Waals surface area contributed by atoms with Crippen LogP contribution in [0.15, 0.2) is 12.1 Å². The van der Waals surface area contributed by atoms with Gasteiger partial charge in [0.25, 0.3) is 5.91 Å². The summed E-state index contributed by atoms with van der Waals surface area (Å²) in [6.45, 7) is 2.19. The molecular formula is C14H20N2O4S. The summed E-state index contributed by atoms with van der Waals surface area (Å²) in [6.07, 6.45) is 0. The highest BCUT2D eigenvalue weighted by Gasteiger charge is 2.20. The molecule has 0 saturated carbocycles. The van der Waals surface area contributed by atoms with Crippen LogP contribution in [0.2, 0.25) is 0 Å². The summed E-state index contributed by atoms with van der Waals surface area (Å²) in [5, 5.41) is 2.76. The lowest BCUT2D eigenvalue weighted by atomic mass is 10.1. The van der Waals surface area contributed by atoms with Gasteiger partial charge in [0.2, 0.25) is 5.75 Å². The standard InChI is InChI=1S/C14H20N2O4S/c1-8(13(15)21)7-16-14(17)9-5-6-10(18-2)12(20-4)11(9)19-3/h5-6,8H,7H2,1-4H3,(H2,15,21)(H,16,17). The molecule has 1 rings (SSSR count). The summed E-state index contributed by atoms with van der Waals surface area (Å²) in [5.41, 5.74) is 5.87. The van der Waals surface area contributed by atoms with Crippen molar-refractivity contribution in [3.8, 4) is 17.2 Å². The fraction of sp³-hybridized carbons (Fsp3) is 0.429. The van der Waals surface area contributed by atoms with Gasteiger partial charge in [-0.05, 0) is 12.1 Å². The zero-order valence-corrected chi connectivity index (χ0v) is 13.4. The molecule has 21 heavy (non-hydrogen) atoms. The Hall–Kier alpha value is -2.02. The van der Waals surface area contributed by atoms with Gasteiger partial charge >= 0.3 is 0 Å². The van der Waals surface area contributed by atoms with Crippen molar-refractivity contribution in [3.05, 3.63) is 17.7 Å². The van der Waals surface area contributed by atoms with Crippen LogP contribution in [0.4, 0.5) is 0 Å². The molecule has 0 aliphatic carbocycles. The van der Waals surface area contributed by atoms with Gasteiger partial charge in [-0.3, -0.25) is 4.79 Å². The number of hydrogen-bond donors (Lipinski definition) is 2. The lowest BCUT2D eigenvalue weighted by molar-refractivity contribution is 0.0947. The van der Waals surface area contributed by atoms with E-state index < -0.39 is 0 Å². The Morgan fingerprint density at radius 1 is 1.24 bits per heavy atom. The van der Waals surface area contributed by atoms with E-state index in [2.05, 4.69) is 5.32 Å². The van der Waals surface area contributed by atoms with Crippen molar-refractivity contribution in [1.29, 1.82) is 0 Å². The number of amides is 1. The topological polar surface area (TPSA) is 82.8 Å². The van der Waals surface area contributed by atoms with Crippen LogP contribution in [-0.4, -0.2) is 38.8 Å². The molecule has 0 fully saturated rings. The average Bonchev–Trinajstić information content (AvgIpc) is 2.49. The second-order valence-corrected chi connectivity index (χ2v) is 4.87. The molecule has 1 aromatic carbocycles. The van der Waals surface area contributed by atoms with Gasteiger partial charge in [-0.25, -0.2) is 0 Å². The average molecular weight is 312 g/mol. The molecule has 0 aliphatic heterocycles. The first kappa shape index (κ1) is 17.0. The van der Waals surface area contributed by atoms with Crippen molar-refractivity contribution in [2.24, 2.45) is 11.7 Å². The van der Waals surface area contributed by atoms with Gasteiger partial charge in [0.15, 0.2) is 11.5 Å². The minimum Gasteiger partial charge on any atom is -0.493 e. The maximum Gasteiger partial charge on any atom is 0.255 e. The third-order valence-corrected chi connectivity index (χ3v) is 3.41. The van der Waals surface area contributed by atoms with Crippen molar-refractivity contribution >= 4 is 23.1 Å². The van der Waals surface area contributed by atoms with Crippen LogP contribution >= 0.6 is 12.2 Å². The molecule has 1 unspecified atom stereocenters. The molecule has 116 valence electrons. The molecule has 0 saturated heterocycles. The van der Waals surface area contributed by atoms with Gasteiger partial charge < -0.3 is 25.3 Å². The van der Waals surface area contributed by atoms with Gasteiger partial charge in [0.1, 0.15) is 0 Å². The summed E-state index contributed by atoms with van der Waals surface area (Å²) in [7, 11) is 4.46. The fourth-order valence-corrected chi connectivity index (χ4v) is 1.81. The second-order valence-electron chi connectivity index (χ2n) is 4.40. The Bertz CT molecular complexity index is 534. The monoisotopic (exact) mass is 312 g/mol. The van der Waals surface area contributed by atoms with Crippen LogP contribution in [0.5, 0.6) is 17.2 Å². The molecule has 0 aromatic heterocycles. The summed E-state index contributed by atoms with van der Waals surface area (Å²) in [5.74, 6) is 0.792. The maximum atomic E-state index is 12.2. The van der Waals surface area contributed by atoms with Crippen LogP contribution in [0.1, 0.15) is 17.3 Å². The second kappa shape index (κ2) is 7.68. The van der Waals surface area contributed by atoms with Crippen molar-refractivity contribution in [3.63, 3.8) is 0 Å². The summed E-state index contributed by atoms with van der Waals surface area (Å²) in [6, 6.07) is 3.26. The van der Waals surface area contributed by atoms with Crippen LogP contribution < -0.4 is 25.3 Å². The predicted molar refractivity (Wildman–Crippen MR) is 84.4 cm³/mol. The Morgan fingerprint density at radius 3 is 2.33 bits per heavy atom. The summed E-state index contributed by atoms with van der Waals surface area (Å²) in [4.78, 5) is 12.6. The number of hydrogen-bond acceptors (Lipinski definition) is 5. The molecular weight excluding hydrogens is 292 g/mol. The third-order valence-electron chi connectivity index (χ3n) is 3.00. The van der Waals surface area contributed by atoms with Gasteiger partial charge in [-0.15, -0.1) is 0 Å². The van der Waals surface area contributed by atoms with Gasteiger partial charge in [0.05, 0.1) is 31.9 Å². The molecule has 6 nitrogen and oxygen atoms in total. The number of benzene rings is 1. The number of methoxy groups -OCH3 is 3. The van der Waals surface area contributed by atoms with E-state index in [1.165, 1.54) is 21.3 Å². The molecule has 0 aliphatic rings. The largest absolute Gasteiger partial charge is 0.493 e. The number of nitrogens with one attached hydrogen (secondary N) is 1. The number of rotatable bonds is 7. The molecule has 0 spiro atoms. The first-order chi connectivity index (χ1) is 9.96. The van der Waals surface area contributed by atoms with Crippen LogP contribution in [0.3, 0.4) is 0 Å². The van der Waals surface area contributed by atoms with Crippen molar-refractivity contribution in [1.82, 2.24) is 5.32 Å². The molecule has 1 amide bonds. The molecule has 0 heterocycles. The summed E-state index contributed by atoms with van der Waals surface area (Å²) < 4.78 is 15.7. The van der Waals surface area contributed by atoms with Crippen molar-refractivity contribution < 1.29 is 19.0 Å². The number of thiocarbonyl (C=S) groups is 1. The predicted octanol–water partition coefficient (Wildman–Crippen LogP) is 1.36. The molecule has 0 radical (unpaired) electrons. The highest BCUT2D eigenvalue weighted by atomic mass is 32.1. The van der Waals surface area contributed by atoms with E-state index in [4.69, 9.17) is 32.2 Å². The number of carbonyl (C=O) groups is 1. The first-order valence-electron chi connectivity index (χ1n) is 6.32. The highest BCUT2D eigenvalue weighted by molar-refractivity contribution is 7.80. The quantitative estimate of drug-likeness (QED) is 0.740. The minimum atomic E-state index is -0.295. The minimum absolute atomic E-state index is 0.0879. The van der Waals surface area contributed by atoms with E-state index in [0.29, 0.717) is 34.3 Å². The Morgan fingerprint density at radius 2 is 1.86 bits per heavy atom. The highest BCUT2D eigenvalue weighted by Crippen LogP contribution is 2.39. The van der Waals surface area contributed by atoms with E-state index in [0.717, 1.165) is 0 Å². The van der Waals surface area contributed by atoms with E-state index in [1.54, 1.807) is 12.1 Å². The fourth-order valence-electron chi connectivity index (χ4n) is 1.72. The van der Waals surface area contributed by atoms with E-state index in [9.17, 15) is 4.79 Å². The Labute approximate surface area is 129 Å². The van der Waals surface area contributed by atoms with Crippen LogP contribution in [-0.2, 0) is 0 Å². The van der Waals surface area contributed by atoms with Crippen LogP contribution in [0.25, 0.3) is 0 Å². The zero-order valence-electron chi connectivity index (χ0n) is 12.6. The molecule has 0 bridgehead atoms. The van der Waals surface area contributed by atoms with E-state index >= 15 is 0 Å². The van der Waals surface area contributed by atoms with Crippen molar-refractivity contribution in [2.45, 2.75) is 6.92 Å². The number of ether oxygens (including phenoxy) is 3. The number of nitrogens with two attached hydrogens (primary N) is 1. The van der Waals surface area contributed by atoms with Gasteiger partial charge in [0, 0.05) is 12.5 Å². The van der Waals surface area contributed by atoms with Gasteiger partial charge in [-0.2, -0.15) is 0 Å². The van der Waals surface area contributed by atoms with E-state index in [-0.39, 0.29) is 11.8 Å². The maximum absolute atomic E-state index is 12.2. The smallest absolute Gasteiger partial charge is 0.255 e. The van der Waals surface area contributed by atoms with Gasteiger partial charge in [-0.1, -0.05) is 19.1 Å². The molecule has 1 aromatic rings. The molecule has 1 atom stereocenters. The SMILES string of the molecule is COc1ccc(C(=O)NCC(C)C(N)=S)c(OC)c1OC. The third kappa shape index (κ3) is 3.98. The Kier molecular flexibility index (Phi) is 6.23. The Balaban J connectivity index is 3.01. The van der Waals surface area contributed by atoms with Crippen LogP contribution in [0, 0.1) is 5.92 Å².